The second kappa shape index (κ2) is 7.51. The zero-order chi connectivity index (χ0) is 16.8. The lowest BCUT2D eigenvalue weighted by molar-refractivity contribution is -0.385. The van der Waals surface area contributed by atoms with Crippen molar-refractivity contribution in [2.75, 3.05) is 0 Å². The predicted molar refractivity (Wildman–Crippen MR) is 92.1 cm³/mol. The van der Waals surface area contributed by atoms with E-state index in [4.69, 9.17) is 0 Å². The highest BCUT2D eigenvalue weighted by Gasteiger charge is 2.10. The van der Waals surface area contributed by atoms with Crippen molar-refractivity contribution in [3.8, 4) is 0 Å². The van der Waals surface area contributed by atoms with Crippen LogP contribution in [0.1, 0.15) is 11.1 Å². The maximum absolute atomic E-state index is 11.0. The molecule has 0 bridgehead atoms. The number of aromatic nitrogens is 3. The van der Waals surface area contributed by atoms with E-state index in [-0.39, 0.29) is 5.69 Å². The molecule has 24 heavy (non-hydrogen) atoms. The molecule has 1 heterocycles. The van der Waals surface area contributed by atoms with E-state index in [9.17, 15) is 10.1 Å². The van der Waals surface area contributed by atoms with Gasteiger partial charge in [-0.25, -0.2) is 0 Å². The van der Waals surface area contributed by atoms with Crippen molar-refractivity contribution in [1.82, 2.24) is 14.9 Å². The first-order valence-electron chi connectivity index (χ1n) is 7.08. The molecule has 3 aromatic rings. The minimum absolute atomic E-state index is 0.00723. The molecule has 2 aromatic carbocycles. The average molecular weight is 339 g/mol. The summed E-state index contributed by atoms with van der Waals surface area (Å²) in [6.07, 6.45) is 2.91. The Hall–Kier alpha value is -3.00. The largest absolute Gasteiger partial charge is 0.278 e. The minimum atomic E-state index is -0.432. The third-order valence-corrected chi connectivity index (χ3v) is 4.17. The summed E-state index contributed by atoms with van der Waals surface area (Å²) in [4.78, 5) is 10.6. The Morgan fingerprint density at radius 3 is 2.71 bits per heavy atom. The van der Waals surface area contributed by atoms with E-state index in [2.05, 4.69) is 15.3 Å². The Kier molecular flexibility index (Phi) is 4.97. The van der Waals surface area contributed by atoms with Crippen LogP contribution in [0.5, 0.6) is 0 Å². The molecule has 7 nitrogen and oxygen atoms in total. The summed E-state index contributed by atoms with van der Waals surface area (Å²) in [7, 11) is 0. The van der Waals surface area contributed by atoms with Gasteiger partial charge in [0.15, 0.2) is 0 Å². The first-order valence-corrected chi connectivity index (χ1v) is 8.07. The molecule has 0 aliphatic heterocycles. The maximum Gasteiger partial charge on any atom is 0.278 e. The second-order valence-corrected chi connectivity index (χ2v) is 5.74. The lowest BCUT2D eigenvalue weighted by Crippen LogP contribution is -1.96. The van der Waals surface area contributed by atoms with Crippen LogP contribution < -0.4 is 0 Å². The molecule has 120 valence electrons. The van der Waals surface area contributed by atoms with Crippen molar-refractivity contribution in [2.45, 2.75) is 10.9 Å². The Morgan fingerprint density at radius 2 is 1.92 bits per heavy atom. The molecule has 0 saturated heterocycles. The van der Waals surface area contributed by atoms with Crippen LogP contribution in [0, 0.1) is 10.1 Å². The SMILES string of the molecule is O=[N+]([O-])c1ccccc1/C=N\n1cnnc1SCc1ccccc1. The molecule has 0 saturated carbocycles. The van der Waals surface area contributed by atoms with Crippen LogP contribution in [0.25, 0.3) is 0 Å². The number of para-hydroxylation sites is 1. The zero-order valence-corrected chi connectivity index (χ0v) is 13.3. The van der Waals surface area contributed by atoms with Gasteiger partial charge in [-0.15, -0.1) is 10.2 Å². The summed E-state index contributed by atoms with van der Waals surface area (Å²) in [5.74, 6) is 0.737. The molecule has 0 atom stereocenters. The molecule has 0 fully saturated rings. The van der Waals surface area contributed by atoms with Crippen molar-refractivity contribution in [3.05, 3.63) is 82.2 Å². The van der Waals surface area contributed by atoms with Crippen molar-refractivity contribution >= 4 is 23.7 Å². The predicted octanol–water partition coefficient (Wildman–Crippen LogP) is 3.36. The molecule has 0 radical (unpaired) electrons. The van der Waals surface area contributed by atoms with Crippen LogP contribution in [-0.2, 0) is 5.75 Å². The van der Waals surface area contributed by atoms with Gasteiger partial charge in [-0.05, 0) is 11.6 Å². The number of nitrogens with zero attached hydrogens (tertiary/aromatic N) is 5. The van der Waals surface area contributed by atoms with Crippen LogP contribution >= 0.6 is 11.8 Å². The fourth-order valence-corrected chi connectivity index (χ4v) is 2.82. The molecule has 0 N–H and O–H groups in total. The highest BCUT2D eigenvalue weighted by molar-refractivity contribution is 7.98. The van der Waals surface area contributed by atoms with Gasteiger partial charge in [-0.2, -0.15) is 9.78 Å². The molecule has 0 unspecified atom stereocenters. The number of rotatable bonds is 6. The normalized spacial score (nSPS) is 11.0. The molecule has 3 rings (SSSR count). The third-order valence-electron chi connectivity index (χ3n) is 3.17. The van der Waals surface area contributed by atoms with Crippen LogP contribution in [-0.4, -0.2) is 26.0 Å². The van der Waals surface area contributed by atoms with Crippen LogP contribution in [0.3, 0.4) is 0 Å². The van der Waals surface area contributed by atoms with Crippen molar-refractivity contribution < 1.29 is 4.92 Å². The number of benzene rings is 2. The highest BCUT2D eigenvalue weighted by Crippen LogP contribution is 2.21. The summed E-state index contributed by atoms with van der Waals surface area (Å²) in [6.45, 7) is 0. The Labute approximate surface area is 142 Å². The maximum atomic E-state index is 11.0. The summed E-state index contributed by atoms with van der Waals surface area (Å²) < 4.78 is 1.50. The number of hydrogen-bond donors (Lipinski definition) is 0. The van der Waals surface area contributed by atoms with Gasteiger partial charge < -0.3 is 0 Å². The monoisotopic (exact) mass is 339 g/mol. The molecule has 1 aromatic heterocycles. The number of nitro groups is 1. The van der Waals surface area contributed by atoms with E-state index in [1.165, 1.54) is 40.6 Å². The van der Waals surface area contributed by atoms with Gasteiger partial charge in [0.25, 0.3) is 5.69 Å². The van der Waals surface area contributed by atoms with Crippen molar-refractivity contribution in [3.63, 3.8) is 0 Å². The molecule has 0 aliphatic rings. The van der Waals surface area contributed by atoms with Gasteiger partial charge in [0.2, 0.25) is 5.16 Å². The van der Waals surface area contributed by atoms with Gasteiger partial charge in [0.05, 0.1) is 16.7 Å². The van der Waals surface area contributed by atoms with Crippen LogP contribution in [0.15, 0.2) is 71.2 Å². The van der Waals surface area contributed by atoms with Crippen LogP contribution in [0.2, 0.25) is 0 Å². The lowest BCUT2D eigenvalue weighted by Gasteiger charge is -2.01. The van der Waals surface area contributed by atoms with Crippen molar-refractivity contribution in [2.24, 2.45) is 5.10 Å². The summed E-state index contributed by atoms with van der Waals surface area (Å²) >= 11 is 1.49. The van der Waals surface area contributed by atoms with Gasteiger partial charge in [-0.3, -0.25) is 10.1 Å². The molecule has 0 amide bonds. The second-order valence-electron chi connectivity index (χ2n) is 4.79. The van der Waals surface area contributed by atoms with Gasteiger partial charge in [0.1, 0.15) is 6.33 Å². The molecule has 8 heteroatoms. The molecular formula is C16H13N5O2S. The highest BCUT2D eigenvalue weighted by atomic mass is 32.2. The van der Waals surface area contributed by atoms with Crippen molar-refractivity contribution in [1.29, 1.82) is 0 Å². The standard InChI is InChI=1S/C16H13N5O2S/c22-21(23)15-9-5-4-8-14(15)10-18-20-12-17-19-16(20)24-11-13-6-2-1-3-7-13/h1-10,12H,11H2/b18-10-. The minimum Gasteiger partial charge on any atom is -0.258 e. The van der Waals surface area contributed by atoms with E-state index < -0.39 is 4.92 Å². The summed E-state index contributed by atoms with van der Waals surface area (Å²) in [5, 5.41) is 23.7. The van der Waals surface area contributed by atoms with E-state index in [0.717, 1.165) is 5.75 Å². The molecule has 0 aliphatic carbocycles. The topological polar surface area (TPSA) is 86.2 Å². The van der Waals surface area contributed by atoms with E-state index in [1.807, 2.05) is 30.3 Å². The summed E-state index contributed by atoms with van der Waals surface area (Å²) in [5.41, 5.74) is 1.60. The average Bonchev–Trinajstić information content (AvgIpc) is 3.06. The Morgan fingerprint density at radius 1 is 1.17 bits per heavy atom. The Bertz CT molecular complexity index is 864. The molecular weight excluding hydrogens is 326 g/mol. The summed E-state index contributed by atoms with van der Waals surface area (Å²) in [6, 6.07) is 16.4. The van der Waals surface area contributed by atoms with Gasteiger partial charge >= 0.3 is 0 Å². The number of hydrogen-bond acceptors (Lipinski definition) is 6. The lowest BCUT2D eigenvalue weighted by atomic mass is 10.2. The smallest absolute Gasteiger partial charge is 0.258 e. The molecule has 0 spiro atoms. The van der Waals surface area contributed by atoms with Crippen LogP contribution in [0.4, 0.5) is 5.69 Å². The number of nitro benzene ring substituents is 1. The zero-order valence-electron chi connectivity index (χ0n) is 12.5. The third kappa shape index (κ3) is 3.85. The number of thioether (sulfide) groups is 1. The van der Waals surface area contributed by atoms with E-state index in [1.54, 1.807) is 18.2 Å². The fourth-order valence-electron chi connectivity index (χ4n) is 2.00. The first-order chi connectivity index (χ1) is 11.7. The first kappa shape index (κ1) is 15.9. The van der Waals surface area contributed by atoms with E-state index in [0.29, 0.717) is 10.7 Å². The Balaban J connectivity index is 1.75. The fraction of sp³-hybridized carbons (Fsp3) is 0.0625. The van der Waals surface area contributed by atoms with Gasteiger partial charge in [0, 0.05) is 11.8 Å². The quantitative estimate of drug-likeness (QED) is 0.297. The van der Waals surface area contributed by atoms with E-state index >= 15 is 0 Å². The van der Waals surface area contributed by atoms with Gasteiger partial charge in [-0.1, -0.05) is 54.2 Å².